The summed E-state index contributed by atoms with van der Waals surface area (Å²) >= 11 is 3.21. The van der Waals surface area contributed by atoms with Gasteiger partial charge in [0, 0.05) is 48.9 Å². The van der Waals surface area contributed by atoms with Crippen LogP contribution in [0.2, 0.25) is 0 Å². The van der Waals surface area contributed by atoms with Crippen molar-refractivity contribution >= 4 is 146 Å². The molecule has 0 saturated heterocycles. The second kappa shape index (κ2) is 40.0. The molecule has 0 spiro atoms. The van der Waals surface area contributed by atoms with Gasteiger partial charge in [0.2, 0.25) is 59.0 Å². The van der Waals surface area contributed by atoms with Crippen molar-refractivity contribution in [1.29, 1.82) is 0 Å². The summed E-state index contributed by atoms with van der Waals surface area (Å²) in [5.41, 5.74) is -3.73. The predicted molar refractivity (Wildman–Crippen MR) is 495 cm³/mol. The highest BCUT2D eigenvalue weighted by Gasteiger charge is 2.31. The smallest absolute Gasteiger partial charge is 0.355 e. The summed E-state index contributed by atoms with van der Waals surface area (Å²) in [7, 11) is -23.0. The number of hydrogen-bond donors (Lipinski definition) is 0. The van der Waals surface area contributed by atoms with Crippen LogP contribution in [0.3, 0.4) is 0 Å². The molecule has 41 heteroatoms. The molecule has 0 aliphatic carbocycles. The largest absolute Gasteiger partial charge is 0.497 e. The fourth-order valence-electron chi connectivity index (χ4n) is 13.1. The lowest BCUT2D eigenvalue weighted by atomic mass is 9.87. The normalized spacial score (nSPS) is 11.8. The second-order valence-corrected chi connectivity index (χ2v) is 43.2. The Morgan fingerprint density at radius 1 is 0.304 bits per heavy atom. The standard InChI is InChI=1S/C19H17FO4S.C16H10F2O4S.C16H11FO5S.C16H11NO6S.C15H8BrFO4S.C15H9FO4S/c1-19(2,3)13-4-7-15(8-5-13)25(22,23)17-11-12-10-14(20)6-9-16(12)24-18(17)21;1-9-6-12(3-4-13(9)18)23(20,21)15-8-10-7-11(17)2-5-14(10)22-16(15)19;1-21-12-3-5-13(6-4-12)23(19,20)15-9-10-8-11(17)2-7-14(10)22-16(15)18;1-10-2-5-13(6-3-10)24(21,22)15-9-11-8-12(17(19)20)4-7-14(11)23-16(15)18;16-10-1-4-12(5-2-10)22(19,20)14-8-9-7-11(17)3-6-13(9)21-15(14)18;16-11-6-7-13-10(8-11)9-14(15(17)20-13)21(18,19)12-4-2-1-3-5-12/h4-11H,1-3H3;2-8H,1H3;2-9H,1H3;2-9H,1H3;1-8H;1-9H. The molecular formula is C97H66BrF6NO27S6. The summed E-state index contributed by atoms with van der Waals surface area (Å²) in [5, 5.41) is 12.0. The molecular weight excluding hydrogens is 2000 g/mol. The maximum atomic E-state index is 13.4. The summed E-state index contributed by atoms with van der Waals surface area (Å²) < 4.78 is 266. The van der Waals surface area contributed by atoms with Gasteiger partial charge in [-0.1, -0.05) is 84.7 Å². The number of nitro groups is 1. The van der Waals surface area contributed by atoms with Crippen LogP contribution in [0.4, 0.5) is 32.0 Å². The number of fused-ring (bicyclic) bond motifs is 6. The molecule has 6 heterocycles. The minimum atomic E-state index is -4.21. The molecule has 0 amide bonds. The molecule has 0 aliphatic heterocycles. The summed E-state index contributed by atoms with van der Waals surface area (Å²) in [4.78, 5) is 78.5. The number of hydrogen-bond acceptors (Lipinski definition) is 27. The molecule has 0 N–H and O–H groups in total. The van der Waals surface area contributed by atoms with E-state index in [4.69, 9.17) is 31.2 Å². The Morgan fingerprint density at radius 3 is 0.841 bits per heavy atom. The third-order valence-corrected chi connectivity index (χ3v) is 31.3. The highest BCUT2D eigenvalue weighted by Crippen LogP contribution is 2.33. The van der Waals surface area contributed by atoms with Crippen LogP contribution >= 0.6 is 15.9 Å². The van der Waals surface area contributed by atoms with Gasteiger partial charge in [0.15, 0.2) is 29.4 Å². The van der Waals surface area contributed by atoms with Crippen LogP contribution < -0.4 is 38.5 Å². The first kappa shape index (κ1) is 100. The SMILES string of the molecule is CC(C)(C)c1ccc(S(=O)(=O)c2cc3cc(F)ccc3oc2=O)cc1.COc1ccc(S(=O)(=O)c2cc3cc(F)ccc3oc2=O)cc1.Cc1cc(S(=O)(=O)c2cc3cc(F)ccc3oc2=O)ccc1F.Cc1ccc(S(=O)(=O)c2cc3cc([N+](=O)[O-])ccc3oc2=O)cc1.O=c1oc2ccc(F)cc2cc1S(=O)(=O)c1ccc(Br)cc1.O=c1oc2ccc(F)cc2cc1S(=O)(=O)c1ccccc1. The van der Waals surface area contributed by atoms with Crippen molar-refractivity contribution in [3.63, 3.8) is 0 Å². The number of nitrogens with zero attached hydrogens (tertiary/aromatic N) is 1. The van der Waals surface area contributed by atoms with Gasteiger partial charge in [0.1, 0.15) is 74.2 Å². The molecule has 706 valence electrons. The van der Waals surface area contributed by atoms with Crippen LogP contribution in [0.25, 0.3) is 65.8 Å². The van der Waals surface area contributed by atoms with E-state index in [-0.39, 0.29) is 112 Å². The Balaban J connectivity index is 0.000000140. The molecule has 0 radical (unpaired) electrons. The first-order valence-electron chi connectivity index (χ1n) is 39.7. The summed E-state index contributed by atoms with van der Waals surface area (Å²) in [6, 6.07) is 62.3. The Morgan fingerprint density at radius 2 is 0.558 bits per heavy atom. The molecule has 12 aromatic carbocycles. The molecule has 0 fully saturated rings. The van der Waals surface area contributed by atoms with Crippen LogP contribution in [0.15, 0.2) is 410 Å². The van der Waals surface area contributed by atoms with E-state index in [1.807, 2.05) is 20.8 Å². The predicted octanol–water partition coefficient (Wildman–Crippen LogP) is 19.2. The Labute approximate surface area is 785 Å². The molecule has 0 bridgehead atoms. The molecule has 0 aliphatic rings. The van der Waals surface area contributed by atoms with Crippen molar-refractivity contribution in [3.8, 4) is 5.75 Å². The van der Waals surface area contributed by atoms with Gasteiger partial charge in [-0.05, 0) is 267 Å². The van der Waals surface area contributed by atoms with Crippen molar-refractivity contribution in [2.45, 2.75) is 98.8 Å². The van der Waals surface area contributed by atoms with Crippen molar-refractivity contribution in [2.24, 2.45) is 0 Å². The molecule has 28 nitrogen and oxygen atoms in total. The average molecular weight is 2060 g/mol. The first-order chi connectivity index (χ1) is 64.9. The number of aryl methyl sites for hydroxylation is 2. The second-order valence-electron chi connectivity index (χ2n) is 30.7. The number of non-ortho nitro benzene ring substituents is 1. The van der Waals surface area contributed by atoms with Crippen LogP contribution in [-0.2, 0) is 64.4 Å². The van der Waals surface area contributed by atoms with Crippen LogP contribution in [0.1, 0.15) is 37.5 Å². The van der Waals surface area contributed by atoms with Crippen molar-refractivity contribution in [3.05, 3.63) is 420 Å². The topological polar surface area (TPSA) is 438 Å². The fourth-order valence-corrected chi connectivity index (χ4v) is 21.2. The maximum Gasteiger partial charge on any atom is 0.355 e. The van der Waals surface area contributed by atoms with Gasteiger partial charge >= 0.3 is 33.8 Å². The molecule has 0 unspecified atom stereocenters. The summed E-state index contributed by atoms with van der Waals surface area (Å²) in [6.07, 6.45) is 0. The number of nitro benzene ring substituents is 1. The number of methoxy groups -OCH3 is 1. The van der Waals surface area contributed by atoms with Crippen molar-refractivity contribution < 1.29 is 113 Å². The minimum absolute atomic E-state index is 0.0106. The number of sulfone groups is 6. The molecule has 138 heavy (non-hydrogen) atoms. The van der Waals surface area contributed by atoms with E-state index in [9.17, 15) is 116 Å². The Kier molecular flexibility index (Phi) is 29.1. The third-order valence-electron chi connectivity index (χ3n) is 20.3. The summed E-state index contributed by atoms with van der Waals surface area (Å²) in [6.45, 7) is 9.27. The van der Waals surface area contributed by atoms with E-state index >= 15 is 0 Å². The number of rotatable bonds is 14. The first-order valence-corrected chi connectivity index (χ1v) is 49.4. The summed E-state index contributed by atoms with van der Waals surface area (Å²) in [5.74, 6) is -2.86. The van der Waals surface area contributed by atoms with Crippen molar-refractivity contribution in [2.75, 3.05) is 7.11 Å². The quantitative estimate of drug-likeness (QED) is 0.0321. The van der Waals surface area contributed by atoms with Crippen molar-refractivity contribution in [1.82, 2.24) is 0 Å². The van der Waals surface area contributed by atoms with Crippen LogP contribution in [-0.4, -0.2) is 62.5 Å². The van der Waals surface area contributed by atoms with E-state index in [1.54, 1.807) is 61.5 Å². The molecule has 0 saturated carbocycles. The average Bonchev–Trinajstić information content (AvgIpc) is 0.789. The van der Waals surface area contributed by atoms with Gasteiger partial charge in [0.25, 0.3) is 5.69 Å². The van der Waals surface area contributed by atoms with E-state index in [1.165, 1.54) is 129 Å². The molecule has 0 atom stereocenters. The van der Waals surface area contributed by atoms with Gasteiger partial charge in [-0.25, -0.2) is 106 Å². The van der Waals surface area contributed by atoms with Crippen LogP contribution in [0.5, 0.6) is 5.75 Å². The van der Waals surface area contributed by atoms with Gasteiger partial charge in [0.05, 0.1) is 41.4 Å². The van der Waals surface area contributed by atoms with Gasteiger partial charge in [-0.2, -0.15) is 0 Å². The van der Waals surface area contributed by atoms with Crippen LogP contribution in [0, 0.1) is 58.9 Å². The molecule has 6 aromatic heterocycles. The molecule has 18 aromatic rings. The van der Waals surface area contributed by atoms with Gasteiger partial charge in [-0.15, -0.1) is 0 Å². The van der Waals surface area contributed by atoms with Gasteiger partial charge in [-0.3, -0.25) is 10.1 Å². The Bertz CT molecular complexity index is 9060. The van der Waals surface area contributed by atoms with E-state index in [2.05, 4.69) is 15.9 Å². The highest BCUT2D eigenvalue weighted by atomic mass is 79.9. The van der Waals surface area contributed by atoms with E-state index < -0.39 is 162 Å². The van der Waals surface area contributed by atoms with E-state index in [0.717, 1.165) is 132 Å². The fraction of sp³-hybridized carbons (Fsp3) is 0.0722. The third kappa shape index (κ3) is 22.2. The lowest BCUT2D eigenvalue weighted by Crippen LogP contribution is -2.15. The highest BCUT2D eigenvalue weighted by molar-refractivity contribution is 9.10. The lowest BCUT2D eigenvalue weighted by Gasteiger charge is -2.19. The zero-order chi connectivity index (χ0) is 100. The number of ether oxygens (including phenoxy) is 1. The maximum absolute atomic E-state index is 13.4. The van der Waals surface area contributed by atoms with E-state index in [0.29, 0.717) is 10.2 Å². The lowest BCUT2D eigenvalue weighted by molar-refractivity contribution is -0.384. The monoisotopic (exact) mass is 2060 g/mol. The number of halogens is 7. The van der Waals surface area contributed by atoms with Gasteiger partial charge < -0.3 is 31.2 Å². The minimum Gasteiger partial charge on any atom is -0.497 e. The zero-order valence-corrected chi connectivity index (χ0v) is 78.3. The zero-order valence-electron chi connectivity index (χ0n) is 71.8. The number of benzene rings is 12. The Hall–Kier alpha value is -15.1. The molecule has 18 rings (SSSR count).